The maximum Gasteiger partial charge on any atom is 0.251 e. The highest BCUT2D eigenvalue weighted by Crippen LogP contribution is 2.12. The molecule has 108 valence electrons. The third-order valence-corrected chi connectivity index (χ3v) is 2.54. The number of amides is 1. The Bertz CT molecular complexity index is 355. The molecule has 0 bridgehead atoms. The molecular weight excluding hydrogens is 264 g/mol. The Kier molecular flexibility index (Phi) is 9.94. The number of hydrogen-bond donors (Lipinski definition) is 2. The van der Waals surface area contributed by atoms with Crippen LogP contribution >= 0.6 is 12.4 Å². The lowest BCUT2D eigenvalue weighted by Crippen LogP contribution is -2.30. The molecule has 0 saturated carbocycles. The number of benzene rings is 1. The molecule has 1 aromatic carbocycles. The van der Waals surface area contributed by atoms with Crippen LogP contribution in [-0.4, -0.2) is 32.7 Å². The summed E-state index contributed by atoms with van der Waals surface area (Å²) in [5.74, 6) is 0.764. The number of carbonyl (C=O) groups excluding carboxylic acids is 1. The van der Waals surface area contributed by atoms with Crippen LogP contribution in [0.4, 0.5) is 0 Å². The maximum atomic E-state index is 11.7. The average Bonchev–Trinajstić information content (AvgIpc) is 2.40. The fourth-order valence-corrected chi connectivity index (χ4v) is 1.44. The summed E-state index contributed by atoms with van der Waals surface area (Å²) in [7, 11) is 1.86. The Labute approximate surface area is 121 Å². The number of halogens is 1. The summed E-state index contributed by atoms with van der Waals surface area (Å²) in [6, 6.07) is 7.25. The molecule has 0 unspecified atom stereocenters. The van der Waals surface area contributed by atoms with Crippen molar-refractivity contribution in [2.24, 2.45) is 0 Å². The van der Waals surface area contributed by atoms with E-state index in [2.05, 4.69) is 17.6 Å². The van der Waals surface area contributed by atoms with Gasteiger partial charge in [-0.1, -0.05) is 13.3 Å². The zero-order chi connectivity index (χ0) is 13.2. The molecule has 0 aromatic heterocycles. The third kappa shape index (κ3) is 7.03. The Morgan fingerprint density at radius 1 is 1.21 bits per heavy atom. The van der Waals surface area contributed by atoms with E-state index in [1.54, 1.807) is 12.1 Å². The van der Waals surface area contributed by atoms with Crippen LogP contribution in [0.3, 0.4) is 0 Å². The number of ether oxygens (including phenoxy) is 1. The van der Waals surface area contributed by atoms with Gasteiger partial charge in [0.25, 0.3) is 5.91 Å². The normalized spacial score (nSPS) is 9.58. The Morgan fingerprint density at radius 2 is 1.89 bits per heavy atom. The molecule has 0 aliphatic rings. The standard InChI is InChI=1S/C14H22N2O2.ClH/c1-3-4-11-18-13-7-5-12(6-8-13)14(17)16-10-9-15-2;/h5-8,15H,3-4,9-11H2,1-2H3,(H,16,17);1H. The number of carbonyl (C=O) groups is 1. The van der Waals surface area contributed by atoms with Gasteiger partial charge in [-0.25, -0.2) is 0 Å². The first kappa shape index (κ1) is 17.7. The molecule has 0 fully saturated rings. The summed E-state index contributed by atoms with van der Waals surface area (Å²) in [6.07, 6.45) is 2.16. The molecule has 0 radical (unpaired) electrons. The van der Waals surface area contributed by atoms with Crippen LogP contribution in [-0.2, 0) is 0 Å². The van der Waals surface area contributed by atoms with Gasteiger partial charge in [0.05, 0.1) is 6.61 Å². The number of rotatable bonds is 8. The van der Waals surface area contributed by atoms with Gasteiger partial charge in [0, 0.05) is 18.7 Å². The lowest BCUT2D eigenvalue weighted by atomic mass is 10.2. The molecule has 5 heteroatoms. The minimum absolute atomic E-state index is 0. The van der Waals surface area contributed by atoms with E-state index in [0.29, 0.717) is 12.1 Å². The largest absolute Gasteiger partial charge is 0.494 e. The summed E-state index contributed by atoms with van der Waals surface area (Å²) in [5, 5.41) is 5.81. The molecule has 19 heavy (non-hydrogen) atoms. The first-order valence-electron chi connectivity index (χ1n) is 6.43. The molecule has 2 N–H and O–H groups in total. The third-order valence-electron chi connectivity index (χ3n) is 2.54. The van der Waals surface area contributed by atoms with Gasteiger partial charge in [0.15, 0.2) is 0 Å². The van der Waals surface area contributed by atoms with Crippen molar-refractivity contribution in [2.75, 3.05) is 26.7 Å². The second-order valence-corrected chi connectivity index (χ2v) is 4.09. The van der Waals surface area contributed by atoms with E-state index in [-0.39, 0.29) is 18.3 Å². The van der Waals surface area contributed by atoms with Crippen LogP contribution in [0.5, 0.6) is 5.75 Å². The van der Waals surface area contributed by atoms with Crippen molar-refractivity contribution in [3.63, 3.8) is 0 Å². The predicted molar refractivity (Wildman–Crippen MR) is 80.4 cm³/mol. The van der Waals surface area contributed by atoms with Crippen molar-refractivity contribution in [1.29, 1.82) is 0 Å². The summed E-state index contributed by atoms with van der Waals surface area (Å²) in [5.41, 5.74) is 0.661. The highest BCUT2D eigenvalue weighted by molar-refractivity contribution is 5.94. The summed E-state index contributed by atoms with van der Waals surface area (Å²) >= 11 is 0. The second kappa shape index (κ2) is 10.6. The van der Waals surface area contributed by atoms with Gasteiger partial charge in [0.2, 0.25) is 0 Å². The molecular formula is C14H23ClN2O2. The lowest BCUT2D eigenvalue weighted by Gasteiger charge is -2.07. The van der Waals surface area contributed by atoms with Gasteiger partial charge in [-0.2, -0.15) is 0 Å². The molecule has 0 heterocycles. The zero-order valence-corrected chi connectivity index (χ0v) is 12.4. The Balaban J connectivity index is 0.00000324. The van der Waals surface area contributed by atoms with Gasteiger partial charge in [-0.15, -0.1) is 12.4 Å². The maximum absolute atomic E-state index is 11.7. The van der Waals surface area contributed by atoms with E-state index < -0.39 is 0 Å². The second-order valence-electron chi connectivity index (χ2n) is 4.09. The first-order chi connectivity index (χ1) is 8.77. The van der Waals surface area contributed by atoms with Crippen LogP contribution in [0.15, 0.2) is 24.3 Å². The van der Waals surface area contributed by atoms with Crippen LogP contribution < -0.4 is 15.4 Å². The van der Waals surface area contributed by atoms with Crippen molar-refractivity contribution < 1.29 is 9.53 Å². The Hall–Kier alpha value is -1.26. The Morgan fingerprint density at radius 3 is 2.47 bits per heavy atom. The summed E-state index contributed by atoms with van der Waals surface area (Å²) < 4.78 is 5.54. The van der Waals surface area contributed by atoms with Crippen molar-refractivity contribution in [3.05, 3.63) is 29.8 Å². The molecule has 0 saturated heterocycles. The molecule has 1 aromatic rings. The summed E-state index contributed by atoms with van der Waals surface area (Å²) in [4.78, 5) is 11.7. The van der Waals surface area contributed by atoms with Crippen molar-refractivity contribution in [2.45, 2.75) is 19.8 Å². The minimum atomic E-state index is -0.0506. The van der Waals surface area contributed by atoms with Gasteiger partial charge in [-0.05, 0) is 37.7 Å². The highest BCUT2D eigenvalue weighted by Gasteiger charge is 2.04. The number of unbranched alkanes of at least 4 members (excludes halogenated alkanes) is 1. The van der Waals surface area contributed by atoms with Gasteiger partial charge < -0.3 is 15.4 Å². The van der Waals surface area contributed by atoms with E-state index in [4.69, 9.17) is 4.74 Å². The highest BCUT2D eigenvalue weighted by atomic mass is 35.5. The molecule has 1 rings (SSSR count). The molecule has 4 nitrogen and oxygen atoms in total. The molecule has 0 aliphatic heterocycles. The van der Waals surface area contributed by atoms with Crippen LogP contribution in [0.1, 0.15) is 30.1 Å². The average molecular weight is 287 g/mol. The van der Waals surface area contributed by atoms with Gasteiger partial charge >= 0.3 is 0 Å². The molecule has 0 atom stereocenters. The van der Waals surface area contributed by atoms with Gasteiger partial charge in [-0.3, -0.25) is 4.79 Å². The van der Waals surface area contributed by atoms with E-state index >= 15 is 0 Å². The number of nitrogens with one attached hydrogen (secondary N) is 2. The molecule has 0 spiro atoms. The topological polar surface area (TPSA) is 50.4 Å². The monoisotopic (exact) mass is 286 g/mol. The fraction of sp³-hybridized carbons (Fsp3) is 0.500. The van der Waals surface area contributed by atoms with E-state index in [1.165, 1.54) is 0 Å². The first-order valence-corrected chi connectivity index (χ1v) is 6.43. The van der Waals surface area contributed by atoms with Crippen LogP contribution in [0.2, 0.25) is 0 Å². The van der Waals surface area contributed by atoms with E-state index in [9.17, 15) is 4.79 Å². The van der Waals surface area contributed by atoms with Crippen molar-refractivity contribution >= 4 is 18.3 Å². The smallest absolute Gasteiger partial charge is 0.251 e. The minimum Gasteiger partial charge on any atom is -0.494 e. The summed E-state index contributed by atoms with van der Waals surface area (Å²) in [6.45, 7) is 4.25. The van der Waals surface area contributed by atoms with Gasteiger partial charge in [0.1, 0.15) is 5.75 Å². The van der Waals surface area contributed by atoms with E-state index in [1.807, 2.05) is 19.2 Å². The SMILES string of the molecule is CCCCOc1ccc(C(=O)NCCNC)cc1.Cl. The molecule has 0 aliphatic carbocycles. The van der Waals surface area contributed by atoms with Crippen LogP contribution in [0.25, 0.3) is 0 Å². The van der Waals surface area contributed by atoms with Crippen molar-refractivity contribution in [3.8, 4) is 5.75 Å². The quantitative estimate of drug-likeness (QED) is 0.721. The zero-order valence-electron chi connectivity index (χ0n) is 11.6. The number of hydrogen-bond acceptors (Lipinski definition) is 3. The number of likely N-dealkylation sites (N-methyl/N-ethyl adjacent to an activating group) is 1. The lowest BCUT2D eigenvalue weighted by molar-refractivity contribution is 0.0954. The molecule has 1 amide bonds. The fourth-order valence-electron chi connectivity index (χ4n) is 1.44. The van der Waals surface area contributed by atoms with Crippen molar-refractivity contribution in [1.82, 2.24) is 10.6 Å². The van der Waals surface area contributed by atoms with Crippen LogP contribution in [0, 0.1) is 0 Å². The van der Waals surface area contributed by atoms with E-state index in [0.717, 1.165) is 31.7 Å². The predicted octanol–water partition coefficient (Wildman–Crippen LogP) is 2.24.